The third-order valence-corrected chi connectivity index (χ3v) is 6.70. The van der Waals surface area contributed by atoms with E-state index in [1.807, 2.05) is 4.90 Å². The standard InChI is InChI=1S/C14H19ClN2O4S/c1-3-22(20,21)12-4-6-16(7-5-12)14-10(2)8-11(17(18)19)9-13(14)15/h8-9,12H,3-7H2,1-2H3. The Labute approximate surface area is 135 Å². The van der Waals surface area contributed by atoms with Crippen LogP contribution in [0.2, 0.25) is 5.02 Å². The topological polar surface area (TPSA) is 80.5 Å². The lowest BCUT2D eigenvalue weighted by atomic mass is 10.1. The summed E-state index contributed by atoms with van der Waals surface area (Å²) in [6.45, 7) is 4.62. The zero-order valence-corrected chi connectivity index (χ0v) is 14.2. The van der Waals surface area contributed by atoms with Gasteiger partial charge in [-0.2, -0.15) is 0 Å². The number of nitro benzene ring substituents is 1. The molecule has 0 unspecified atom stereocenters. The summed E-state index contributed by atoms with van der Waals surface area (Å²) < 4.78 is 23.9. The SMILES string of the molecule is CCS(=O)(=O)C1CCN(c2c(C)cc([N+](=O)[O-])cc2Cl)CC1. The molecule has 0 aliphatic carbocycles. The van der Waals surface area contributed by atoms with E-state index in [0.717, 1.165) is 11.3 Å². The van der Waals surface area contributed by atoms with Gasteiger partial charge in [-0.25, -0.2) is 8.42 Å². The number of nitrogens with zero attached hydrogens (tertiary/aromatic N) is 2. The van der Waals surface area contributed by atoms with Crippen LogP contribution in [0.25, 0.3) is 0 Å². The van der Waals surface area contributed by atoms with Crippen molar-refractivity contribution in [1.29, 1.82) is 0 Å². The second kappa shape index (κ2) is 6.42. The van der Waals surface area contributed by atoms with Crippen molar-refractivity contribution in [3.8, 4) is 0 Å². The first-order valence-corrected chi connectivity index (χ1v) is 9.26. The maximum Gasteiger partial charge on any atom is 0.271 e. The predicted octanol–water partition coefficient (Wildman–Crippen LogP) is 2.96. The Morgan fingerprint density at radius 3 is 2.41 bits per heavy atom. The summed E-state index contributed by atoms with van der Waals surface area (Å²) in [5.41, 5.74) is 1.46. The minimum absolute atomic E-state index is 0.0327. The Morgan fingerprint density at radius 1 is 1.36 bits per heavy atom. The molecule has 0 N–H and O–H groups in total. The van der Waals surface area contributed by atoms with Crippen LogP contribution in [-0.4, -0.2) is 37.4 Å². The number of piperidine rings is 1. The molecular weight excluding hydrogens is 328 g/mol. The number of rotatable bonds is 4. The number of anilines is 1. The number of non-ortho nitro benzene ring substituents is 1. The number of hydrogen-bond donors (Lipinski definition) is 0. The largest absolute Gasteiger partial charge is 0.370 e. The van der Waals surface area contributed by atoms with Crippen LogP contribution in [0.1, 0.15) is 25.3 Å². The number of nitro groups is 1. The fourth-order valence-electron chi connectivity index (χ4n) is 2.90. The van der Waals surface area contributed by atoms with Crippen molar-refractivity contribution in [2.45, 2.75) is 31.9 Å². The molecular formula is C14H19ClN2O4S. The Morgan fingerprint density at radius 2 is 1.95 bits per heavy atom. The van der Waals surface area contributed by atoms with Gasteiger partial charge in [0.05, 0.1) is 20.9 Å². The predicted molar refractivity (Wildman–Crippen MR) is 87.5 cm³/mol. The first-order valence-electron chi connectivity index (χ1n) is 7.17. The molecule has 22 heavy (non-hydrogen) atoms. The van der Waals surface area contributed by atoms with Crippen LogP contribution in [0.5, 0.6) is 0 Å². The van der Waals surface area contributed by atoms with Crippen molar-refractivity contribution in [2.24, 2.45) is 0 Å². The lowest BCUT2D eigenvalue weighted by Gasteiger charge is -2.34. The maximum absolute atomic E-state index is 11.9. The maximum atomic E-state index is 11.9. The molecule has 1 aliphatic heterocycles. The number of sulfone groups is 1. The van der Waals surface area contributed by atoms with E-state index >= 15 is 0 Å². The third kappa shape index (κ3) is 3.35. The molecule has 0 radical (unpaired) electrons. The van der Waals surface area contributed by atoms with Crippen molar-refractivity contribution in [3.63, 3.8) is 0 Å². The number of aryl methyl sites for hydroxylation is 1. The molecule has 122 valence electrons. The van der Waals surface area contributed by atoms with Crippen molar-refractivity contribution >= 4 is 32.8 Å². The van der Waals surface area contributed by atoms with Crippen LogP contribution in [0.4, 0.5) is 11.4 Å². The van der Waals surface area contributed by atoms with Crippen LogP contribution >= 0.6 is 11.6 Å². The normalized spacial score (nSPS) is 16.8. The first-order chi connectivity index (χ1) is 10.3. The molecule has 8 heteroatoms. The second-order valence-corrected chi connectivity index (χ2v) is 8.47. The smallest absolute Gasteiger partial charge is 0.271 e. The Hall–Kier alpha value is -1.34. The quantitative estimate of drug-likeness (QED) is 0.618. The van der Waals surface area contributed by atoms with Crippen LogP contribution in [0.3, 0.4) is 0 Å². The molecule has 0 amide bonds. The molecule has 1 heterocycles. The van der Waals surface area contributed by atoms with E-state index in [2.05, 4.69) is 0 Å². The summed E-state index contributed by atoms with van der Waals surface area (Å²) in [4.78, 5) is 12.4. The van der Waals surface area contributed by atoms with E-state index in [-0.39, 0.29) is 16.7 Å². The van der Waals surface area contributed by atoms with E-state index in [0.29, 0.717) is 31.0 Å². The van der Waals surface area contributed by atoms with E-state index in [1.165, 1.54) is 12.1 Å². The highest BCUT2D eigenvalue weighted by Crippen LogP contribution is 2.35. The zero-order chi connectivity index (χ0) is 16.5. The van der Waals surface area contributed by atoms with Crippen LogP contribution in [0.15, 0.2) is 12.1 Å². The second-order valence-electron chi connectivity index (χ2n) is 5.49. The van der Waals surface area contributed by atoms with Crippen LogP contribution < -0.4 is 4.90 Å². The van der Waals surface area contributed by atoms with Crippen LogP contribution in [-0.2, 0) is 9.84 Å². The van der Waals surface area contributed by atoms with Crippen molar-refractivity contribution in [2.75, 3.05) is 23.7 Å². The summed E-state index contributed by atoms with van der Waals surface area (Å²) in [5.74, 6) is 0.162. The van der Waals surface area contributed by atoms with Gasteiger partial charge in [-0.1, -0.05) is 18.5 Å². The zero-order valence-electron chi connectivity index (χ0n) is 12.6. The highest BCUT2D eigenvalue weighted by atomic mass is 35.5. The fraction of sp³-hybridized carbons (Fsp3) is 0.571. The van der Waals surface area contributed by atoms with E-state index in [9.17, 15) is 18.5 Å². The van der Waals surface area contributed by atoms with E-state index in [4.69, 9.17) is 11.6 Å². The molecule has 0 spiro atoms. The highest BCUT2D eigenvalue weighted by Gasteiger charge is 2.30. The molecule has 0 atom stereocenters. The minimum Gasteiger partial charge on any atom is -0.370 e. The average Bonchev–Trinajstić information content (AvgIpc) is 2.47. The molecule has 2 rings (SSSR count). The molecule has 1 aliphatic rings. The Kier molecular flexibility index (Phi) is 4.97. The van der Waals surface area contributed by atoms with Gasteiger partial charge in [0.1, 0.15) is 0 Å². The number of hydrogen-bond acceptors (Lipinski definition) is 5. The lowest BCUT2D eigenvalue weighted by Crippen LogP contribution is -2.40. The first kappa shape index (κ1) is 17.0. The number of benzene rings is 1. The summed E-state index contributed by atoms with van der Waals surface area (Å²) in [6, 6.07) is 2.84. The average molecular weight is 347 g/mol. The molecule has 1 aromatic rings. The van der Waals surface area contributed by atoms with Crippen molar-refractivity contribution in [3.05, 3.63) is 32.8 Å². The molecule has 1 saturated heterocycles. The van der Waals surface area contributed by atoms with Crippen molar-refractivity contribution < 1.29 is 13.3 Å². The Bertz CT molecular complexity index is 659. The molecule has 0 saturated carbocycles. The summed E-state index contributed by atoms with van der Waals surface area (Å²) in [5, 5.41) is 10.9. The van der Waals surface area contributed by atoms with Gasteiger partial charge in [0, 0.05) is 31.0 Å². The van der Waals surface area contributed by atoms with Gasteiger partial charge in [-0.05, 0) is 25.3 Å². The monoisotopic (exact) mass is 346 g/mol. The molecule has 0 aromatic heterocycles. The molecule has 0 bridgehead atoms. The van der Waals surface area contributed by atoms with Crippen molar-refractivity contribution in [1.82, 2.24) is 0 Å². The third-order valence-electron chi connectivity index (χ3n) is 4.12. The van der Waals surface area contributed by atoms with E-state index < -0.39 is 14.8 Å². The summed E-state index contributed by atoms with van der Waals surface area (Å²) >= 11 is 6.20. The van der Waals surface area contributed by atoms with Gasteiger partial charge >= 0.3 is 0 Å². The fourth-order valence-corrected chi connectivity index (χ4v) is 4.68. The van der Waals surface area contributed by atoms with E-state index in [1.54, 1.807) is 13.8 Å². The summed E-state index contributed by atoms with van der Waals surface area (Å²) in [7, 11) is -3.01. The van der Waals surface area contributed by atoms with Gasteiger partial charge in [0.2, 0.25) is 0 Å². The Balaban J connectivity index is 2.20. The summed E-state index contributed by atoms with van der Waals surface area (Å²) in [6.07, 6.45) is 1.12. The lowest BCUT2D eigenvalue weighted by molar-refractivity contribution is -0.384. The molecule has 1 aromatic carbocycles. The van der Waals surface area contributed by atoms with Gasteiger partial charge in [-0.3, -0.25) is 10.1 Å². The van der Waals surface area contributed by atoms with Gasteiger partial charge in [-0.15, -0.1) is 0 Å². The van der Waals surface area contributed by atoms with Crippen LogP contribution in [0, 0.1) is 17.0 Å². The van der Waals surface area contributed by atoms with Gasteiger partial charge < -0.3 is 4.90 Å². The minimum atomic E-state index is -3.01. The number of halogens is 1. The highest BCUT2D eigenvalue weighted by molar-refractivity contribution is 7.92. The molecule has 1 fully saturated rings. The molecule has 6 nitrogen and oxygen atoms in total. The van der Waals surface area contributed by atoms with Gasteiger partial charge in [0.15, 0.2) is 9.84 Å². The van der Waals surface area contributed by atoms with Gasteiger partial charge in [0.25, 0.3) is 5.69 Å².